The molecule has 0 aromatic heterocycles. The van der Waals surface area contributed by atoms with Crippen LogP contribution in [-0.4, -0.2) is 55.5 Å². The Morgan fingerprint density at radius 3 is 2.34 bits per heavy atom. The van der Waals surface area contributed by atoms with Crippen molar-refractivity contribution in [1.29, 1.82) is 0 Å². The number of hydrogen-bond donors (Lipinski definition) is 0. The first kappa shape index (κ1) is 26.8. The van der Waals surface area contributed by atoms with Crippen LogP contribution in [0.2, 0.25) is 0 Å². The summed E-state index contributed by atoms with van der Waals surface area (Å²) >= 11 is 0. The molecule has 2 aromatic rings. The van der Waals surface area contributed by atoms with Gasteiger partial charge in [0.2, 0.25) is 0 Å². The van der Waals surface area contributed by atoms with Gasteiger partial charge < -0.3 is 18.8 Å². The van der Waals surface area contributed by atoms with E-state index in [9.17, 15) is 18.0 Å². The highest BCUT2D eigenvalue weighted by molar-refractivity contribution is 6.62. The number of carbonyl (C=O) groups excluding carboxylic acids is 1. The summed E-state index contributed by atoms with van der Waals surface area (Å²) in [4.78, 5) is 17.3. The van der Waals surface area contributed by atoms with Gasteiger partial charge in [0.25, 0.3) is 0 Å². The Hall–Kier alpha value is -2.76. The summed E-state index contributed by atoms with van der Waals surface area (Å²) < 4.78 is 80.2. The number of ketones is 1. The Labute approximate surface area is 218 Å². The molecule has 2 aromatic carbocycles. The van der Waals surface area contributed by atoms with Gasteiger partial charge in [-0.1, -0.05) is 42.5 Å². The van der Waals surface area contributed by atoms with Gasteiger partial charge in [-0.3, -0.25) is 4.79 Å². The minimum atomic E-state index is -4.72. The van der Waals surface area contributed by atoms with Gasteiger partial charge in [-0.2, -0.15) is 13.2 Å². The zero-order chi connectivity index (χ0) is 27.5. The lowest BCUT2D eigenvalue weighted by atomic mass is 9.72. The fourth-order valence-corrected chi connectivity index (χ4v) is 5.09. The number of rotatable bonds is 5. The molecular weight excluding hydrogens is 505 g/mol. The molecule has 0 radical (unpaired) electrons. The van der Waals surface area contributed by atoms with Crippen molar-refractivity contribution in [3.05, 3.63) is 65.5 Å². The predicted molar refractivity (Wildman–Crippen MR) is 132 cm³/mol. The lowest BCUT2D eigenvalue weighted by Gasteiger charge is -2.37. The molecule has 38 heavy (non-hydrogen) atoms. The smallest absolute Gasteiger partial charge is 0.480 e. The second kappa shape index (κ2) is 9.17. The molecule has 0 saturated carbocycles. The third kappa shape index (κ3) is 4.54. The number of ether oxygens (including phenoxy) is 2. The van der Waals surface area contributed by atoms with Gasteiger partial charge in [0.15, 0.2) is 17.8 Å². The number of aliphatic imine (C=N–C) groups is 1. The summed E-state index contributed by atoms with van der Waals surface area (Å²) in [6, 6.07) is 12.5. The number of Topliss-reactive ketones (excluding diaryl/α,β-unsaturated/α-hetero) is 1. The predicted octanol–water partition coefficient (Wildman–Crippen LogP) is 4.60. The molecule has 3 heterocycles. The molecule has 0 bridgehead atoms. The lowest BCUT2D eigenvalue weighted by Crippen LogP contribution is -2.48. The Morgan fingerprint density at radius 1 is 1.05 bits per heavy atom. The van der Waals surface area contributed by atoms with E-state index in [0.717, 1.165) is 0 Å². The molecule has 6 nitrogen and oxygen atoms in total. The third-order valence-corrected chi connectivity index (χ3v) is 7.93. The fraction of sp³-hybridized carbons (Fsp3) is 0.481. The van der Waals surface area contributed by atoms with Crippen LogP contribution in [0.25, 0.3) is 0 Å². The van der Waals surface area contributed by atoms with Crippen molar-refractivity contribution < 1.29 is 41.1 Å². The Morgan fingerprint density at radius 2 is 1.71 bits per heavy atom. The van der Waals surface area contributed by atoms with Crippen LogP contribution in [0.15, 0.2) is 53.5 Å². The van der Waals surface area contributed by atoms with Gasteiger partial charge in [0, 0.05) is 11.1 Å². The highest BCUT2D eigenvalue weighted by atomic mass is 19.4. The number of carbonyl (C=O) groups is 1. The molecule has 5 rings (SSSR count). The second-order valence-electron chi connectivity index (χ2n) is 10.9. The average Bonchev–Trinajstić information content (AvgIpc) is 3.34. The zero-order valence-electron chi connectivity index (χ0n) is 21.5. The van der Waals surface area contributed by atoms with E-state index in [2.05, 4.69) is 4.99 Å². The maximum Gasteiger partial charge on any atom is 0.494 e. The molecular formula is C27H28BF4NO5. The normalized spacial score (nSPS) is 28.0. The van der Waals surface area contributed by atoms with E-state index < -0.39 is 61.1 Å². The van der Waals surface area contributed by atoms with Crippen LogP contribution in [0.4, 0.5) is 17.6 Å². The number of alkyl halides is 3. The van der Waals surface area contributed by atoms with E-state index in [1.165, 1.54) is 18.2 Å². The first-order valence-corrected chi connectivity index (χ1v) is 12.4. The number of hydrogen-bond acceptors (Lipinski definition) is 6. The number of nitrogens with zero attached hydrogens (tertiary/aromatic N) is 1. The van der Waals surface area contributed by atoms with Crippen molar-refractivity contribution in [3.8, 4) is 0 Å². The van der Waals surface area contributed by atoms with Crippen molar-refractivity contribution in [2.24, 2.45) is 10.9 Å². The van der Waals surface area contributed by atoms with Gasteiger partial charge in [0.1, 0.15) is 11.4 Å². The SMILES string of the molecule is CC1(C)OB(c2ccc(F)c([C@]34CO[C@H](C(F)(F)F)[C@H]3COC(CC(=O)c3ccccc3)=N4)c2)OC1(C)C. The summed E-state index contributed by atoms with van der Waals surface area (Å²) in [5.41, 5.74) is -2.35. The summed E-state index contributed by atoms with van der Waals surface area (Å²) in [6.07, 6.45) is -7.21. The lowest BCUT2D eigenvalue weighted by molar-refractivity contribution is -0.219. The molecule has 0 aliphatic carbocycles. The van der Waals surface area contributed by atoms with Gasteiger partial charge in [-0.05, 0) is 39.2 Å². The summed E-state index contributed by atoms with van der Waals surface area (Å²) in [6.45, 7) is 6.49. The van der Waals surface area contributed by atoms with Crippen molar-refractivity contribution in [3.63, 3.8) is 0 Å². The number of fused-ring (bicyclic) bond motifs is 1. The summed E-state index contributed by atoms with van der Waals surface area (Å²) in [7, 11) is -0.863. The van der Waals surface area contributed by atoms with E-state index in [-0.39, 0.29) is 23.7 Å². The first-order valence-electron chi connectivity index (χ1n) is 12.4. The minimum absolute atomic E-state index is 0.0676. The number of halogens is 4. The Bertz CT molecular complexity index is 1250. The first-order chi connectivity index (χ1) is 17.7. The molecule has 0 amide bonds. The van der Waals surface area contributed by atoms with Crippen LogP contribution in [0, 0.1) is 11.7 Å². The minimum Gasteiger partial charge on any atom is -0.480 e. The molecule has 0 unspecified atom stereocenters. The van der Waals surface area contributed by atoms with Gasteiger partial charge in [-0.15, -0.1) is 0 Å². The fourth-order valence-electron chi connectivity index (χ4n) is 5.09. The zero-order valence-corrected chi connectivity index (χ0v) is 21.5. The van der Waals surface area contributed by atoms with E-state index in [4.69, 9.17) is 18.8 Å². The van der Waals surface area contributed by atoms with E-state index in [1.807, 2.05) is 27.7 Å². The van der Waals surface area contributed by atoms with E-state index >= 15 is 4.39 Å². The maximum atomic E-state index is 15.5. The standard InChI is InChI=1S/C27H28BF4NO5/c1-24(2)25(3,4)38-28(37-24)17-10-11-20(29)18(12-17)26-15-36-23(27(30,31)32)19(26)14-35-22(33-26)13-21(34)16-8-6-5-7-9-16/h5-12,19,23H,13-15H2,1-4H3/t19-,23+,26-/m1/s1. The van der Waals surface area contributed by atoms with Crippen LogP contribution in [0.1, 0.15) is 50.0 Å². The monoisotopic (exact) mass is 533 g/mol. The van der Waals surface area contributed by atoms with Gasteiger partial charge in [-0.25, -0.2) is 9.38 Å². The average molecular weight is 533 g/mol. The molecule has 2 fully saturated rings. The molecule has 0 N–H and O–H groups in total. The molecule has 2 saturated heterocycles. The largest absolute Gasteiger partial charge is 0.494 e. The van der Waals surface area contributed by atoms with E-state index in [0.29, 0.717) is 11.0 Å². The van der Waals surface area contributed by atoms with Crippen LogP contribution < -0.4 is 5.46 Å². The van der Waals surface area contributed by atoms with Gasteiger partial charge in [0.05, 0.1) is 36.8 Å². The molecule has 3 aliphatic rings. The van der Waals surface area contributed by atoms with Crippen LogP contribution in [0.5, 0.6) is 0 Å². The maximum absolute atomic E-state index is 15.5. The van der Waals surface area contributed by atoms with Crippen molar-refractivity contribution in [2.75, 3.05) is 13.2 Å². The van der Waals surface area contributed by atoms with Crippen LogP contribution in [-0.2, 0) is 24.3 Å². The van der Waals surface area contributed by atoms with E-state index in [1.54, 1.807) is 30.3 Å². The Balaban J connectivity index is 1.56. The highest BCUT2D eigenvalue weighted by Gasteiger charge is 2.63. The van der Waals surface area contributed by atoms with Crippen molar-refractivity contribution in [2.45, 2.75) is 63.1 Å². The quantitative estimate of drug-likeness (QED) is 0.320. The van der Waals surface area contributed by atoms with Gasteiger partial charge >= 0.3 is 13.3 Å². The number of benzene rings is 2. The second-order valence-corrected chi connectivity index (χ2v) is 10.9. The molecule has 202 valence electrons. The van der Waals surface area contributed by atoms with Crippen molar-refractivity contribution in [1.82, 2.24) is 0 Å². The molecule has 0 spiro atoms. The molecule has 3 atom stereocenters. The van der Waals surface area contributed by atoms with Crippen LogP contribution in [0.3, 0.4) is 0 Å². The van der Waals surface area contributed by atoms with Crippen molar-refractivity contribution >= 4 is 24.3 Å². The molecule has 11 heteroatoms. The Kier molecular flexibility index (Phi) is 6.48. The highest BCUT2D eigenvalue weighted by Crippen LogP contribution is 2.50. The topological polar surface area (TPSA) is 66.4 Å². The third-order valence-electron chi connectivity index (χ3n) is 7.93. The summed E-state index contributed by atoms with van der Waals surface area (Å²) in [5.74, 6) is -2.50. The summed E-state index contributed by atoms with van der Waals surface area (Å²) in [5, 5.41) is 0. The molecule has 3 aliphatic heterocycles. The van der Waals surface area contributed by atoms with Crippen LogP contribution >= 0.6 is 0 Å².